The van der Waals surface area contributed by atoms with E-state index < -0.39 is 9.84 Å². The fourth-order valence-corrected chi connectivity index (χ4v) is 4.62. The zero-order chi connectivity index (χ0) is 19.2. The van der Waals surface area contributed by atoms with Crippen molar-refractivity contribution in [2.24, 2.45) is 16.8 Å². The van der Waals surface area contributed by atoms with Crippen molar-refractivity contribution < 1.29 is 8.42 Å². The van der Waals surface area contributed by atoms with Gasteiger partial charge in [-0.25, -0.2) is 13.4 Å². The smallest absolute Gasteiger partial charge is 0.191 e. The molecule has 0 aliphatic heterocycles. The Kier molecular flexibility index (Phi) is 7.50. The predicted octanol–water partition coefficient (Wildman–Crippen LogP) is 3.28. The molecule has 1 aromatic carbocycles. The molecule has 1 aliphatic rings. The Labute approximate surface area is 158 Å². The van der Waals surface area contributed by atoms with Crippen LogP contribution in [-0.2, 0) is 16.4 Å². The van der Waals surface area contributed by atoms with Crippen LogP contribution in [0.3, 0.4) is 0 Å². The molecule has 0 heterocycles. The van der Waals surface area contributed by atoms with E-state index in [-0.39, 0.29) is 0 Å². The summed E-state index contributed by atoms with van der Waals surface area (Å²) in [4.78, 5) is 5.06. The van der Waals surface area contributed by atoms with E-state index in [9.17, 15) is 8.42 Å². The lowest BCUT2D eigenvalue weighted by atomic mass is 9.80. The average Bonchev–Trinajstić information content (AvgIpc) is 2.57. The summed E-state index contributed by atoms with van der Waals surface area (Å²) < 4.78 is 23.5. The Morgan fingerprint density at radius 3 is 2.58 bits per heavy atom. The molecule has 0 radical (unpaired) electrons. The van der Waals surface area contributed by atoms with Crippen molar-refractivity contribution in [3.63, 3.8) is 0 Å². The number of rotatable bonds is 6. The van der Waals surface area contributed by atoms with Crippen LogP contribution in [0, 0.1) is 18.8 Å². The molecule has 0 bridgehead atoms. The van der Waals surface area contributed by atoms with Gasteiger partial charge in [0.05, 0.1) is 11.4 Å². The standard InChI is InChI=1S/C20H33N3O2S/c1-5-21-20(23-14-18-9-7-6-8-15(18)2)22-13-17-10-11-19(16(3)12-17)26(4,24)25/h10-12,15,18H,5-9,13-14H2,1-4H3,(H2,21,22,23). The third kappa shape index (κ3) is 6.01. The van der Waals surface area contributed by atoms with E-state index >= 15 is 0 Å². The minimum Gasteiger partial charge on any atom is -0.357 e. The van der Waals surface area contributed by atoms with Crippen molar-refractivity contribution >= 4 is 15.8 Å². The van der Waals surface area contributed by atoms with E-state index in [1.807, 2.05) is 19.1 Å². The molecule has 0 saturated heterocycles. The Balaban J connectivity index is 2.01. The van der Waals surface area contributed by atoms with Gasteiger partial charge < -0.3 is 10.6 Å². The second-order valence-electron chi connectivity index (χ2n) is 7.47. The molecule has 1 aromatic rings. The lowest BCUT2D eigenvalue weighted by molar-refractivity contribution is 0.256. The number of nitrogens with one attached hydrogen (secondary N) is 2. The van der Waals surface area contributed by atoms with Gasteiger partial charge in [0.25, 0.3) is 0 Å². The molecular weight excluding hydrogens is 346 g/mol. The second-order valence-corrected chi connectivity index (χ2v) is 9.45. The summed E-state index contributed by atoms with van der Waals surface area (Å²) in [5.41, 5.74) is 1.78. The summed E-state index contributed by atoms with van der Waals surface area (Å²) in [6, 6.07) is 5.44. The summed E-state index contributed by atoms with van der Waals surface area (Å²) in [5, 5.41) is 6.78. The van der Waals surface area contributed by atoms with Crippen molar-refractivity contribution in [3.05, 3.63) is 29.3 Å². The molecule has 1 aliphatic carbocycles. The highest BCUT2D eigenvalue weighted by Gasteiger charge is 2.21. The Hall–Kier alpha value is -1.56. The van der Waals surface area contributed by atoms with Crippen LogP contribution in [0.1, 0.15) is 50.7 Å². The maximum Gasteiger partial charge on any atom is 0.191 e. The van der Waals surface area contributed by atoms with Gasteiger partial charge in [-0.1, -0.05) is 38.3 Å². The van der Waals surface area contributed by atoms with E-state index in [4.69, 9.17) is 0 Å². The number of aliphatic imine (C=N–C) groups is 1. The first kappa shape index (κ1) is 20.7. The number of guanidine groups is 1. The number of benzene rings is 1. The first-order valence-electron chi connectivity index (χ1n) is 9.63. The lowest BCUT2D eigenvalue weighted by Crippen LogP contribution is -2.41. The molecule has 1 fully saturated rings. The monoisotopic (exact) mass is 379 g/mol. The number of hydrogen-bond acceptors (Lipinski definition) is 3. The van der Waals surface area contributed by atoms with E-state index in [2.05, 4.69) is 29.5 Å². The average molecular weight is 380 g/mol. The van der Waals surface area contributed by atoms with Crippen molar-refractivity contribution in [1.82, 2.24) is 10.6 Å². The molecule has 2 unspecified atom stereocenters. The predicted molar refractivity (Wildman–Crippen MR) is 108 cm³/mol. The topological polar surface area (TPSA) is 70.6 Å². The zero-order valence-corrected chi connectivity index (χ0v) is 17.3. The maximum atomic E-state index is 11.7. The zero-order valence-electron chi connectivity index (χ0n) is 16.5. The van der Waals surface area contributed by atoms with Gasteiger partial charge in [0.15, 0.2) is 15.8 Å². The van der Waals surface area contributed by atoms with Gasteiger partial charge in [0.1, 0.15) is 0 Å². The third-order valence-corrected chi connectivity index (χ3v) is 6.48. The fourth-order valence-electron chi connectivity index (χ4n) is 3.66. The SMILES string of the molecule is CCNC(=NCc1ccc(S(C)(=O)=O)c(C)c1)NCC1CCCCC1C. The number of hydrogen-bond donors (Lipinski definition) is 2. The number of nitrogens with zero attached hydrogens (tertiary/aromatic N) is 1. The van der Waals surface area contributed by atoms with Crippen LogP contribution in [0.25, 0.3) is 0 Å². The molecule has 2 atom stereocenters. The van der Waals surface area contributed by atoms with E-state index in [1.165, 1.54) is 31.9 Å². The van der Waals surface area contributed by atoms with Crippen LogP contribution in [0.4, 0.5) is 0 Å². The van der Waals surface area contributed by atoms with Crippen LogP contribution in [0.2, 0.25) is 0 Å². The summed E-state index contributed by atoms with van der Waals surface area (Å²) >= 11 is 0. The van der Waals surface area contributed by atoms with Crippen LogP contribution in [0.5, 0.6) is 0 Å². The first-order valence-corrected chi connectivity index (χ1v) is 11.5. The first-order chi connectivity index (χ1) is 12.3. The summed E-state index contributed by atoms with van der Waals surface area (Å²) in [7, 11) is -3.18. The summed E-state index contributed by atoms with van der Waals surface area (Å²) in [6.45, 7) is 8.54. The van der Waals surface area contributed by atoms with Crippen molar-refractivity contribution in [1.29, 1.82) is 0 Å². The second kappa shape index (κ2) is 9.40. The molecule has 26 heavy (non-hydrogen) atoms. The highest BCUT2D eigenvalue weighted by molar-refractivity contribution is 7.90. The summed E-state index contributed by atoms with van der Waals surface area (Å²) in [6.07, 6.45) is 6.54. The Morgan fingerprint density at radius 2 is 1.96 bits per heavy atom. The fraction of sp³-hybridized carbons (Fsp3) is 0.650. The van der Waals surface area contributed by atoms with Gasteiger partial charge in [-0.15, -0.1) is 0 Å². The minimum atomic E-state index is -3.18. The molecule has 0 spiro atoms. The molecular formula is C20H33N3O2S. The maximum absolute atomic E-state index is 11.7. The van der Waals surface area contributed by atoms with Crippen molar-refractivity contribution in [2.45, 2.75) is 57.9 Å². The highest BCUT2D eigenvalue weighted by Crippen LogP contribution is 2.28. The molecule has 2 N–H and O–H groups in total. The van der Waals surface area contributed by atoms with Crippen molar-refractivity contribution in [2.75, 3.05) is 19.3 Å². The largest absolute Gasteiger partial charge is 0.357 e. The van der Waals surface area contributed by atoms with Gasteiger partial charge >= 0.3 is 0 Å². The lowest BCUT2D eigenvalue weighted by Gasteiger charge is -2.29. The normalized spacial score (nSPS) is 21.5. The quantitative estimate of drug-likeness (QED) is 0.588. The molecule has 146 valence electrons. The highest BCUT2D eigenvalue weighted by atomic mass is 32.2. The van der Waals surface area contributed by atoms with Gasteiger partial charge in [0.2, 0.25) is 0 Å². The van der Waals surface area contributed by atoms with Gasteiger partial charge in [-0.3, -0.25) is 0 Å². The Morgan fingerprint density at radius 1 is 1.23 bits per heavy atom. The van der Waals surface area contributed by atoms with Crippen LogP contribution in [-0.4, -0.2) is 33.7 Å². The molecule has 5 nitrogen and oxygen atoms in total. The molecule has 2 rings (SSSR count). The van der Waals surface area contributed by atoms with Gasteiger partial charge in [0, 0.05) is 19.3 Å². The molecule has 6 heteroatoms. The third-order valence-electron chi connectivity index (χ3n) is 5.22. The minimum absolute atomic E-state index is 0.390. The van der Waals surface area contributed by atoms with Crippen LogP contribution in [0.15, 0.2) is 28.1 Å². The number of sulfone groups is 1. The van der Waals surface area contributed by atoms with E-state index in [1.54, 1.807) is 6.07 Å². The van der Waals surface area contributed by atoms with Crippen molar-refractivity contribution in [3.8, 4) is 0 Å². The molecule has 0 aromatic heterocycles. The van der Waals surface area contributed by atoms with Gasteiger partial charge in [-0.05, 0) is 49.3 Å². The van der Waals surface area contributed by atoms with Crippen LogP contribution >= 0.6 is 0 Å². The summed E-state index contributed by atoms with van der Waals surface area (Å²) in [5.74, 6) is 2.31. The molecule has 1 saturated carbocycles. The molecule has 0 amide bonds. The van der Waals surface area contributed by atoms with E-state index in [0.717, 1.165) is 36.1 Å². The number of aryl methyl sites for hydroxylation is 1. The Bertz CT molecular complexity index is 729. The van der Waals surface area contributed by atoms with Crippen LogP contribution < -0.4 is 10.6 Å². The van der Waals surface area contributed by atoms with Gasteiger partial charge in [-0.2, -0.15) is 0 Å². The van der Waals surface area contributed by atoms with E-state index in [0.29, 0.717) is 17.4 Å².